The Kier molecular flexibility index (Phi) is 4.70. The summed E-state index contributed by atoms with van der Waals surface area (Å²) in [6.45, 7) is 3.25. The molecule has 0 unspecified atom stereocenters. The molecule has 0 spiro atoms. The fourth-order valence-electron chi connectivity index (χ4n) is 3.37. The van der Waals surface area contributed by atoms with Gasteiger partial charge in [0.2, 0.25) is 0 Å². The van der Waals surface area contributed by atoms with Crippen molar-refractivity contribution >= 4 is 16.7 Å². The Morgan fingerprint density at radius 3 is 2.33 bits per heavy atom. The standard InChI is InChI=1S/C24H19FN2O3/c1-24(2,23(29)30)16-9-7-8-15(14-16)21-17-10-3-4-11-18(17)22(28)27(26-21)20-13-6-5-12-19(20)25/h3-14H,1-2H3,(H,29,30). The summed E-state index contributed by atoms with van der Waals surface area (Å²) in [6, 6.07) is 20.0. The van der Waals surface area contributed by atoms with Crippen LogP contribution >= 0.6 is 0 Å². The van der Waals surface area contributed by atoms with Crippen LogP contribution in [0.4, 0.5) is 4.39 Å². The van der Waals surface area contributed by atoms with Crippen LogP contribution in [0, 0.1) is 5.82 Å². The molecule has 0 aliphatic carbocycles. The SMILES string of the molecule is CC(C)(C(=O)O)c1cccc(-c2nn(-c3ccccc3F)c(=O)c3ccccc23)c1. The number of benzene rings is 3. The van der Waals surface area contributed by atoms with E-state index in [0.717, 1.165) is 4.68 Å². The van der Waals surface area contributed by atoms with E-state index >= 15 is 0 Å². The lowest BCUT2D eigenvalue weighted by Gasteiger charge is -2.20. The molecule has 0 fully saturated rings. The maximum absolute atomic E-state index is 14.4. The molecule has 0 amide bonds. The first-order valence-electron chi connectivity index (χ1n) is 9.42. The van der Waals surface area contributed by atoms with Crippen LogP contribution in [0.2, 0.25) is 0 Å². The third-order valence-electron chi connectivity index (χ3n) is 5.28. The summed E-state index contributed by atoms with van der Waals surface area (Å²) in [6.07, 6.45) is 0. The lowest BCUT2D eigenvalue weighted by atomic mass is 9.83. The number of carboxylic acids is 1. The molecule has 0 bridgehead atoms. The lowest BCUT2D eigenvalue weighted by Crippen LogP contribution is -2.28. The fraction of sp³-hybridized carbons (Fsp3) is 0.125. The minimum Gasteiger partial charge on any atom is -0.481 e. The molecule has 1 aromatic heterocycles. The van der Waals surface area contributed by atoms with E-state index < -0.39 is 22.8 Å². The molecule has 0 aliphatic rings. The van der Waals surface area contributed by atoms with Crippen LogP contribution in [0.5, 0.6) is 0 Å². The van der Waals surface area contributed by atoms with Crippen molar-refractivity contribution in [1.82, 2.24) is 9.78 Å². The molecular weight excluding hydrogens is 383 g/mol. The minimum absolute atomic E-state index is 0.0523. The number of aromatic nitrogens is 2. The van der Waals surface area contributed by atoms with Gasteiger partial charge in [0.15, 0.2) is 0 Å². The Balaban J connectivity index is 2.03. The summed E-state index contributed by atoms with van der Waals surface area (Å²) < 4.78 is 15.5. The molecule has 4 aromatic rings. The zero-order valence-electron chi connectivity index (χ0n) is 16.5. The number of carboxylic acid groups (broad SMARTS) is 1. The summed E-state index contributed by atoms with van der Waals surface area (Å²) >= 11 is 0. The number of nitrogens with zero attached hydrogens (tertiary/aromatic N) is 2. The average Bonchev–Trinajstić information content (AvgIpc) is 2.75. The smallest absolute Gasteiger partial charge is 0.313 e. The summed E-state index contributed by atoms with van der Waals surface area (Å²) in [5.41, 5.74) is 0.228. The van der Waals surface area contributed by atoms with Crippen LogP contribution in [0.3, 0.4) is 0 Å². The Morgan fingerprint density at radius 2 is 1.63 bits per heavy atom. The third kappa shape index (κ3) is 3.16. The molecule has 0 radical (unpaired) electrons. The largest absolute Gasteiger partial charge is 0.481 e. The maximum atomic E-state index is 14.4. The molecule has 0 saturated heterocycles. The van der Waals surface area contributed by atoms with Gasteiger partial charge in [0.25, 0.3) is 5.56 Å². The second kappa shape index (κ2) is 7.22. The van der Waals surface area contributed by atoms with Crippen LogP contribution in [-0.2, 0) is 10.2 Å². The second-order valence-corrected chi connectivity index (χ2v) is 7.57. The van der Waals surface area contributed by atoms with Crippen LogP contribution in [-0.4, -0.2) is 20.9 Å². The van der Waals surface area contributed by atoms with E-state index in [4.69, 9.17) is 0 Å². The third-order valence-corrected chi connectivity index (χ3v) is 5.28. The number of rotatable bonds is 4. The zero-order valence-corrected chi connectivity index (χ0v) is 16.5. The summed E-state index contributed by atoms with van der Waals surface area (Å²) in [5, 5.41) is 15.1. The highest BCUT2D eigenvalue weighted by molar-refractivity contribution is 5.94. The molecule has 1 N–H and O–H groups in total. The van der Waals surface area contributed by atoms with E-state index in [-0.39, 0.29) is 5.69 Å². The summed E-state index contributed by atoms with van der Waals surface area (Å²) in [4.78, 5) is 24.7. The highest BCUT2D eigenvalue weighted by Crippen LogP contribution is 2.30. The number of hydrogen-bond donors (Lipinski definition) is 1. The number of para-hydroxylation sites is 1. The van der Waals surface area contributed by atoms with E-state index in [1.807, 2.05) is 0 Å². The fourth-order valence-corrected chi connectivity index (χ4v) is 3.37. The van der Waals surface area contributed by atoms with Gasteiger partial charge in [-0.1, -0.05) is 48.5 Å². The van der Waals surface area contributed by atoms with Gasteiger partial charge in [-0.05, 0) is 43.7 Å². The number of hydrogen-bond acceptors (Lipinski definition) is 3. The van der Waals surface area contributed by atoms with Crippen molar-refractivity contribution < 1.29 is 14.3 Å². The minimum atomic E-state index is -1.11. The van der Waals surface area contributed by atoms with Gasteiger partial charge in [-0.25, -0.2) is 4.39 Å². The molecule has 0 atom stereocenters. The van der Waals surface area contributed by atoms with Crippen LogP contribution in [0.15, 0.2) is 77.6 Å². The molecule has 150 valence electrons. The molecule has 5 nitrogen and oxygen atoms in total. The number of halogens is 1. The van der Waals surface area contributed by atoms with Crippen molar-refractivity contribution in [1.29, 1.82) is 0 Å². The van der Waals surface area contributed by atoms with Gasteiger partial charge in [0.05, 0.1) is 16.5 Å². The summed E-state index contributed by atoms with van der Waals surface area (Å²) in [5.74, 6) is -1.51. The summed E-state index contributed by atoms with van der Waals surface area (Å²) in [7, 11) is 0. The van der Waals surface area contributed by atoms with Crippen molar-refractivity contribution in [2.24, 2.45) is 0 Å². The second-order valence-electron chi connectivity index (χ2n) is 7.57. The highest BCUT2D eigenvalue weighted by atomic mass is 19.1. The number of aliphatic carboxylic acids is 1. The molecule has 1 heterocycles. The molecule has 4 rings (SSSR count). The van der Waals surface area contributed by atoms with Gasteiger partial charge in [-0.15, -0.1) is 0 Å². The first kappa shape index (κ1) is 19.5. The number of carbonyl (C=O) groups is 1. The quantitative estimate of drug-likeness (QED) is 0.543. The average molecular weight is 402 g/mol. The van der Waals surface area contributed by atoms with Crippen molar-refractivity contribution in [3.8, 4) is 16.9 Å². The first-order valence-corrected chi connectivity index (χ1v) is 9.42. The molecule has 30 heavy (non-hydrogen) atoms. The first-order chi connectivity index (χ1) is 14.3. The van der Waals surface area contributed by atoms with Gasteiger partial charge in [0.1, 0.15) is 11.5 Å². The topological polar surface area (TPSA) is 72.2 Å². The predicted molar refractivity (Wildman–Crippen MR) is 113 cm³/mol. The molecule has 0 saturated carbocycles. The van der Waals surface area contributed by atoms with E-state index in [0.29, 0.717) is 27.6 Å². The van der Waals surface area contributed by atoms with Crippen LogP contribution in [0.25, 0.3) is 27.7 Å². The maximum Gasteiger partial charge on any atom is 0.313 e. The van der Waals surface area contributed by atoms with E-state index in [9.17, 15) is 19.1 Å². The molecule has 3 aromatic carbocycles. The van der Waals surface area contributed by atoms with Gasteiger partial charge in [0, 0.05) is 10.9 Å². The van der Waals surface area contributed by atoms with Gasteiger partial charge < -0.3 is 5.11 Å². The Morgan fingerprint density at radius 1 is 0.967 bits per heavy atom. The number of fused-ring (bicyclic) bond motifs is 1. The van der Waals surface area contributed by atoms with E-state index in [2.05, 4.69) is 5.10 Å². The van der Waals surface area contributed by atoms with Crippen LogP contribution < -0.4 is 5.56 Å². The zero-order chi connectivity index (χ0) is 21.5. The normalized spacial score (nSPS) is 11.6. The van der Waals surface area contributed by atoms with Crippen molar-refractivity contribution in [3.05, 3.63) is 94.5 Å². The molecule has 0 aliphatic heterocycles. The Hall–Kier alpha value is -3.80. The van der Waals surface area contributed by atoms with Crippen molar-refractivity contribution in [2.45, 2.75) is 19.3 Å². The van der Waals surface area contributed by atoms with E-state index in [1.165, 1.54) is 12.1 Å². The lowest BCUT2D eigenvalue weighted by molar-refractivity contribution is -0.142. The van der Waals surface area contributed by atoms with Gasteiger partial charge in [-0.2, -0.15) is 9.78 Å². The Bertz CT molecular complexity index is 1340. The van der Waals surface area contributed by atoms with Gasteiger partial charge in [-0.3, -0.25) is 9.59 Å². The monoisotopic (exact) mass is 402 g/mol. The molecule has 6 heteroatoms. The predicted octanol–water partition coefficient (Wildman–Crippen LogP) is 4.55. The van der Waals surface area contributed by atoms with E-state index in [1.54, 1.807) is 74.5 Å². The van der Waals surface area contributed by atoms with Crippen molar-refractivity contribution in [3.63, 3.8) is 0 Å². The highest BCUT2D eigenvalue weighted by Gasteiger charge is 2.29. The Labute approximate surface area is 172 Å². The van der Waals surface area contributed by atoms with Crippen LogP contribution in [0.1, 0.15) is 19.4 Å². The van der Waals surface area contributed by atoms with Gasteiger partial charge >= 0.3 is 5.97 Å². The molecular formula is C24H19FN2O3. The van der Waals surface area contributed by atoms with Crippen molar-refractivity contribution in [2.75, 3.05) is 0 Å².